The van der Waals surface area contributed by atoms with Crippen molar-refractivity contribution in [1.29, 1.82) is 0 Å². The summed E-state index contributed by atoms with van der Waals surface area (Å²) in [5.41, 5.74) is 2.47. The fraction of sp³-hybridized carbons (Fsp3) is 0.375. The number of carbonyl (C=O) groups is 4. The Morgan fingerprint density at radius 3 is 2.58 bits per heavy atom. The first-order valence-electron chi connectivity index (χ1n) is 15.0. The molecular formula is C32H36N8O5. The maximum Gasteiger partial charge on any atom is 0.271 e. The third-order valence-electron chi connectivity index (χ3n) is 8.44. The van der Waals surface area contributed by atoms with Crippen LogP contribution in [0.5, 0.6) is 5.75 Å². The number of H-pyrrole nitrogens is 1. The molecule has 0 aliphatic carbocycles. The molecule has 2 aromatic heterocycles. The second kappa shape index (κ2) is 12.4. The summed E-state index contributed by atoms with van der Waals surface area (Å²) < 4.78 is 6.95. The van der Waals surface area contributed by atoms with Gasteiger partial charge in [-0.25, -0.2) is 4.68 Å². The van der Waals surface area contributed by atoms with Crippen molar-refractivity contribution in [2.24, 2.45) is 5.92 Å². The van der Waals surface area contributed by atoms with Crippen LogP contribution in [0.3, 0.4) is 0 Å². The molecule has 0 saturated carbocycles. The molecule has 2 aliphatic heterocycles. The highest BCUT2D eigenvalue weighted by Crippen LogP contribution is 2.30. The van der Waals surface area contributed by atoms with Crippen LogP contribution in [0, 0.1) is 5.92 Å². The first-order valence-corrected chi connectivity index (χ1v) is 15.0. The molecule has 1 saturated heterocycles. The first kappa shape index (κ1) is 29.9. The number of nitrogens with one attached hydrogen (secondary N) is 4. The van der Waals surface area contributed by atoms with Gasteiger partial charge in [0.1, 0.15) is 35.3 Å². The van der Waals surface area contributed by atoms with Crippen LogP contribution in [0.15, 0.2) is 60.8 Å². The maximum absolute atomic E-state index is 14.0. The van der Waals surface area contributed by atoms with E-state index in [1.165, 1.54) is 4.90 Å². The standard InChI is InChI=1S/C32H36N8O5/c1-18(2)28-31(43)35-25(11-19-7-5-4-6-8-19)29(41)33-15-21-16-40(38-37-21)22-14-27(30(42)36-28)39(17-22)32(44)26-13-20-12-23(45-3)9-10-24(20)34-26/h4-10,12-13,16,18,22,25,27-28,34H,11,14-15,17H2,1-3H3,(H,33,41)(H,35,43)(H,36,42)/t22-,25+,27-,28-/m0/s1. The molecule has 4 amide bonds. The van der Waals surface area contributed by atoms with Gasteiger partial charge < -0.3 is 30.6 Å². The summed E-state index contributed by atoms with van der Waals surface area (Å²) in [7, 11) is 1.58. The number of aromatic nitrogens is 4. The van der Waals surface area contributed by atoms with Crippen molar-refractivity contribution in [3.63, 3.8) is 0 Å². The molecule has 13 nitrogen and oxygen atoms in total. The number of likely N-dealkylation sites (tertiary alicyclic amines) is 1. The van der Waals surface area contributed by atoms with Crippen molar-refractivity contribution in [3.05, 3.63) is 77.7 Å². The van der Waals surface area contributed by atoms with Gasteiger partial charge >= 0.3 is 0 Å². The zero-order valence-electron chi connectivity index (χ0n) is 25.3. The molecule has 4 bridgehead atoms. The molecule has 1 fully saturated rings. The highest BCUT2D eigenvalue weighted by atomic mass is 16.5. The van der Waals surface area contributed by atoms with Gasteiger partial charge in [0.05, 0.1) is 25.9 Å². The molecule has 0 radical (unpaired) electrons. The number of rotatable bonds is 5. The molecule has 4 aromatic rings. The van der Waals surface area contributed by atoms with Crippen LogP contribution < -0.4 is 20.7 Å². The number of hydrogen-bond acceptors (Lipinski definition) is 7. The van der Waals surface area contributed by atoms with E-state index in [9.17, 15) is 19.2 Å². The van der Waals surface area contributed by atoms with E-state index in [0.717, 1.165) is 16.5 Å². The summed E-state index contributed by atoms with van der Waals surface area (Å²) in [5, 5.41) is 17.9. The van der Waals surface area contributed by atoms with E-state index in [4.69, 9.17) is 4.74 Å². The highest BCUT2D eigenvalue weighted by molar-refractivity contribution is 6.01. The summed E-state index contributed by atoms with van der Waals surface area (Å²) in [6, 6.07) is 13.5. The molecule has 6 rings (SSSR count). The number of methoxy groups -OCH3 is 1. The van der Waals surface area contributed by atoms with E-state index in [0.29, 0.717) is 17.1 Å². The van der Waals surface area contributed by atoms with Gasteiger partial charge in [0, 0.05) is 30.3 Å². The number of carbonyl (C=O) groups excluding carboxylic acids is 4. The van der Waals surface area contributed by atoms with Crippen molar-refractivity contribution in [2.75, 3.05) is 13.7 Å². The molecule has 4 heterocycles. The number of hydrogen-bond donors (Lipinski definition) is 4. The predicted molar refractivity (Wildman–Crippen MR) is 164 cm³/mol. The average Bonchev–Trinajstić information content (AvgIpc) is 3.79. The van der Waals surface area contributed by atoms with Gasteiger partial charge in [-0.05, 0) is 35.7 Å². The Bertz CT molecular complexity index is 1730. The molecule has 0 unspecified atom stereocenters. The van der Waals surface area contributed by atoms with Crippen molar-refractivity contribution < 1.29 is 23.9 Å². The lowest BCUT2D eigenvalue weighted by Crippen LogP contribution is -2.58. The lowest BCUT2D eigenvalue weighted by molar-refractivity contribution is -0.134. The molecule has 2 aliphatic rings. The minimum Gasteiger partial charge on any atom is -0.497 e. The fourth-order valence-corrected chi connectivity index (χ4v) is 5.96. The molecule has 45 heavy (non-hydrogen) atoms. The Morgan fingerprint density at radius 1 is 1.02 bits per heavy atom. The lowest BCUT2D eigenvalue weighted by atomic mass is 10.00. The molecule has 234 valence electrons. The van der Waals surface area contributed by atoms with Crippen LogP contribution in [0.2, 0.25) is 0 Å². The number of nitrogens with zero attached hydrogens (tertiary/aromatic N) is 4. The largest absolute Gasteiger partial charge is 0.497 e. The number of benzene rings is 2. The van der Waals surface area contributed by atoms with Gasteiger partial charge in [-0.1, -0.05) is 49.4 Å². The molecular weight excluding hydrogens is 576 g/mol. The van der Waals surface area contributed by atoms with E-state index in [2.05, 4.69) is 31.2 Å². The number of ether oxygens (including phenoxy) is 1. The monoisotopic (exact) mass is 612 g/mol. The topological polar surface area (TPSA) is 163 Å². The second-order valence-corrected chi connectivity index (χ2v) is 11.9. The number of amides is 4. The average molecular weight is 613 g/mol. The summed E-state index contributed by atoms with van der Waals surface area (Å²) >= 11 is 0. The van der Waals surface area contributed by atoms with Crippen molar-refractivity contribution in [2.45, 2.75) is 57.4 Å². The van der Waals surface area contributed by atoms with Crippen LogP contribution in [-0.2, 0) is 27.3 Å². The van der Waals surface area contributed by atoms with E-state index < -0.39 is 29.9 Å². The first-order chi connectivity index (χ1) is 21.7. The number of fused-ring (bicyclic) bond motifs is 6. The Balaban J connectivity index is 1.32. The highest BCUT2D eigenvalue weighted by Gasteiger charge is 2.43. The van der Waals surface area contributed by atoms with Crippen LogP contribution in [0.4, 0.5) is 0 Å². The molecule has 0 spiro atoms. The van der Waals surface area contributed by atoms with Gasteiger partial charge in [0.15, 0.2) is 0 Å². The van der Waals surface area contributed by atoms with Crippen LogP contribution >= 0.6 is 0 Å². The van der Waals surface area contributed by atoms with Crippen molar-refractivity contribution in [1.82, 2.24) is 40.8 Å². The van der Waals surface area contributed by atoms with Crippen LogP contribution in [0.25, 0.3) is 10.9 Å². The Hall–Kier alpha value is -5.20. The van der Waals surface area contributed by atoms with Gasteiger partial charge in [0.2, 0.25) is 17.7 Å². The predicted octanol–water partition coefficient (Wildman–Crippen LogP) is 1.72. The SMILES string of the molecule is COc1ccc2[nH]c(C(=O)N3C[C@@H]4C[C@H]3C(=O)N[C@@H](C(C)C)C(=O)N[C@H](Cc3ccccc3)C(=O)NCc3cn4nn3)cc2c1. The zero-order valence-corrected chi connectivity index (χ0v) is 25.3. The number of aromatic amines is 1. The van der Waals surface area contributed by atoms with E-state index in [1.807, 2.05) is 56.3 Å². The van der Waals surface area contributed by atoms with Gasteiger partial charge in [-0.2, -0.15) is 0 Å². The van der Waals surface area contributed by atoms with Crippen LogP contribution in [-0.4, -0.2) is 80.3 Å². The third kappa shape index (κ3) is 6.24. The van der Waals surface area contributed by atoms with Gasteiger partial charge in [-0.15, -0.1) is 5.10 Å². The third-order valence-corrected chi connectivity index (χ3v) is 8.44. The maximum atomic E-state index is 14.0. The van der Waals surface area contributed by atoms with Crippen molar-refractivity contribution in [3.8, 4) is 5.75 Å². The van der Waals surface area contributed by atoms with E-state index in [-0.39, 0.29) is 49.7 Å². The lowest BCUT2D eigenvalue weighted by Gasteiger charge is -2.28. The Labute approximate surface area is 259 Å². The summed E-state index contributed by atoms with van der Waals surface area (Å²) in [6.07, 6.45) is 2.24. The Kier molecular flexibility index (Phi) is 8.24. The van der Waals surface area contributed by atoms with Crippen molar-refractivity contribution >= 4 is 34.5 Å². The van der Waals surface area contributed by atoms with Gasteiger partial charge in [-0.3, -0.25) is 19.2 Å². The second-order valence-electron chi connectivity index (χ2n) is 11.9. The summed E-state index contributed by atoms with van der Waals surface area (Å²) in [5.74, 6) is -1.31. The molecule has 13 heteroatoms. The molecule has 4 N–H and O–H groups in total. The summed E-state index contributed by atoms with van der Waals surface area (Å²) in [4.78, 5) is 59.5. The molecule has 4 atom stereocenters. The fourth-order valence-electron chi connectivity index (χ4n) is 5.96. The van der Waals surface area contributed by atoms with Gasteiger partial charge in [0.25, 0.3) is 5.91 Å². The minimum atomic E-state index is -0.942. The quantitative estimate of drug-likeness (QED) is 0.267. The smallest absolute Gasteiger partial charge is 0.271 e. The Morgan fingerprint density at radius 2 is 1.82 bits per heavy atom. The minimum absolute atomic E-state index is 0.0993. The normalized spacial score (nSPS) is 22.4. The summed E-state index contributed by atoms with van der Waals surface area (Å²) in [6.45, 7) is 3.94. The van der Waals surface area contributed by atoms with E-state index in [1.54, 1.807) is 30.1 Å². The molecule has 2 aromatic carbocycles. The van der Waals surface area contributed by atoms with Crippen LogP contribution in [0.1, 0.15) is 48.1 Å². The zero-order chi connectivity index (χ0) is 31.7. The van der Waals surface area contributed by atoms with E-state index >= 15 is 0 Å².